The molecule has 0 unspecified atom stereocenters. The summed E-state index contributed by atoms with van der Waals surface area (Å²) >= 11 is 0. The van der Waals surface area contributed by atoms with Crippen molar-refractivity contribution in [3.05, 3.63) is 60.4 Å². The van der Waals surface area contributed by atoms with Gasteiger partial charge in [-0.25, -0.2) is 9.97 Å². The molecule has 0 N–H and O–H groups in total. The molecular weight excluding hydrogens is 344 g/mol. The minimum atomic E-state index is -0.118. The minimum Gasteiger partial charge on any atom is -0.470 e. The molecule has 1 aliphatic heterocycles. The minimum absolute atomic E-state index is 0.118. The molecule has 0 fully saturated rings. The number of anilines is 1. The lowest BCUT2D eigenvalue weighted by Gasteiger charge is -2.26. The van der Waals surface area contributed by atoms with Gasteiger partial charge >= 0.3 is 0 Å². The van der Waals surface area contributed by atoms with Crippen LogP contribution in [0, 0.1) is 6.92 Å². The number of aryl methyl sites for hydroxylation is 1. The zero-order chi connectivity index (χ0) is 18.2. The molecule has 1 atom stereocenters. The summed E-state index contributed by atoms with van der Waals surface area (Å²) in [6.45, 7) is 3.97. The molecule has 5 rings (SSSR count). The predicted molar refractivity (Wildman–Crippen MR) is 97.4 cm³/mol. The molecule has 4 aromatic rings. The molecule has 0 aliphatic carbocycles. The Balaban J connectivity index is 1.54. The van der Waals surface area contributed by atoms with Crippen molar-refractivity contribution in [2.75, 3.05) is 11.4 Å². The Labute approximate surface area is 155 Å². The van der Waals surface area contributed by atoms with Gasteiger partial charge in [0.25, 0.3) is 5.78 Å². The molecule has 0 saturated heterocycles. The standard InChI is InChI=1S/C18H18N8O/c1-13-8-17(26-18(23-13)20-12-22-26)24-9-14-5-7-21-25(14)11-15(10-24)27-16-4-2-3-6-19-16/h2-8,12,15H,9-11H2,1H3/t15-/m1/s1. The summed E-state index contributed by atoms with van der Waals surface area (Å²) in [5, 5.41) is 8.79. The molecule has 4 aromatic heterocycles. The number of pyridine rings is 1. The van der Waals surface area contributed by atoms with Gasteiger partial charge in [-0.1, -0.05) is 6.07 Å². The van der Waals surface area contributed by atoms with Gasteiger partial charge in [-0.05, 0) is 19.1 Å². The summed E-state index contributed by atoms with van der Waals surface area (Å²) in [7, 11) is 0. The number of nitrogens with zero attached hydrogens (tertiary/aromatic N) is 8. The average molecular weight is 362 g/mol. The fourth-order valence-corrected chi connectivity index (χ4v) is 3.39. The maximum atomic E-state index is 6.16. The van der Waals surface area contributed by atoms with Crippen LogP contribution in [0.4, 0.5) is 5.82 Å². The van der Waals surface area contributed by atoms with Gasteiger partial charge in [0.05, 0.1) is 25.3 Å². The quantitative estimate of drug-likeness (QED) is 0.546. The lowest BCUT2D eigenvalue weighted by atomic mass is 10.3. The second-order valence-corrected chi connectivity index (χ2v) is 6.52. The number of fused-ring (bicyclic) bond motifs is 2. The van der Waals surface area contributed by atoms with Crippen molar-refractivity contribution in [3.8, 4) is 5.88 Å². The smallest absolute Gasteiger partial charge is 0.254 e. The van der Waals surface area contributed by atoms with E-state index in [4.69, 9.17) is 4.74 Å². The largest absolute Gasteiger partial charge is 0.470 e. The van der Waals surface area contributed by atoms with Gasteiger partial charge in [0.15, 0.2) is 0 Å². The second-order valence-electron chi connectivity index (χ2n) is 6.52. The predicted octanol–water partition coefficient (Wildman–Crippen LogP) is 1.49. The number of rotatable bonds is 3. The van der Waals surface area contributed by atoms with Crippen LogP contribution in [0.25, 0.3) is 5.78 Å². The Morgan fingerprint density at radius 1 is 1.07 bits per heavy atom. The van der Waals surface area contributed by atoms with Crippen molar-refractivity contribution in [2.45, 2.75) is 26.1 Å². The number of aromatic nitrogens is 7. The van der Waals surface area contributed by atoms with Crippen LogP contribution in [0.3, 0.4) is 0 Å². The third kappa shape index (κ3) is 2.97. The Kier molecular flexibility index (Phi) is 3.70. The van der Waals surface area contributed by atoms with E-state index in [9.17, 15) is 0 Å². The number of ether oxygens (including phenoxy) is 1. The Morgan fingerprint density at radius 2 is 2.04 bits per heavy atom. The van der Waals surface area contributed by atoms with E-state index in [0.29, 0.717) is 31.3 Å². The Hall–Kier alpha value is -3.49. The molecule has 0 saturated carbocycles. The summed E-state index contributed by atoms with van der Waals surface area (Å²) in [6, 6.07) is 9.71. The molecule has 27 heavy (non-hydrogen) atoms. The third-order valence-corrected chi connectivity index (χ3v) is 4.57. The Morgan fingerprint density at radius 3 is 2.93 bits per heavy atom. The fourth-order valence-electron chi connectivity index (χ4n) is 3.39. The lowest BCUT2D eigenvalue weighted by Crippen LogP contribution is -2.36. The van der Waals surface area contributed by atoms with Gasteiger partial charge in [-0.3, -0.25) is 4.68 Å². The van der Waals surface area contributed by atoms with Crippen LogP contribution in [0.5, 0.6) is 5.88 Å². The van der Waals surface area contributed by atoms with Gasteiger partial charge in [0.1, 0.15) is 18.2 Å². The van der Waals surface area contributed by atoms with Crippen molar-refractivity contribution >= 4 is 11.6 Å². The van der Waals surface area contributed by atoms with Crippen LogP contribution in [0.15, 0.2) is 49.1 Å². The molecule has 0 amide bonds. The molecule has 0 aromatic carbocycles. The molecule has 5 heterocycles. The lowest BCUT2D eigenvalue weighted by molar-refractivity contribution is 0.177. The Bertz CT molecular complexity index is 1070. The van der Waals surface area contributed by atoms with Gasteiger partial charge < -0.3 is 9.64 Å². The normalized spacial score (nSPS) is 16.9. The van der Waals surface area contributed by atoms with Gasteiger partial charge in [-0.15, -0.1) is 0 Å². The zero-order valence-corrected chi connectivity index (χ0v) is 14.8. The molecule has 0 bridgehead atoms. The molecule has 0 radical (unpaired) electrons. The van der Waals surface area contributed by atoms with E-state index < -0.39 is 0 Å². The van der Waals surface area contributed by atoms with Crippen LogP contribution < -0.4 is 9.64 Å². The van der Waals surface area contributed by atoms with E-state index in [2.05, 4.69) is 30.0 Å². The summed E-state index contributed by atoms with van der Waals surface area (Å²) in [6.07, 6.45) is 4.95. The summed E-state index contributed by atoms with van der Waals surface area (Å²) in [5.41, 5.74) is 2.01. The van der Waals surface area contributed by atoms with Gasteiger partial charge in [-0.2, -0.15) is 19.7 Å². The van der Waals surface area contributed by atoms with Crippen molar-refractivity contribution in [3.63, 3.8) is 0 Å². The summed E-state index contributed by atoms with van der Waals surface area (Å²) < 4.78 is 9.91. The summed E-state index contributed by atoms with van der Waals surface area (Å²) in [4.78, 5) is 15.2. The highest BCUT2D eigenvalue weighted by Gasteiger charge is 2.26. The molecule has 1 aliphatic rings. The van der Waals surface area contributed by atoms with Crippen LogP contribution in [0.1, 0.15) is 11.4 Å². The first kappa shape index (κ1) is 15.7. The first-order chi connectivity index (χ1) is 13.3. The van der Waals surface area contributed by atoms with Crippen LogP contribution in [-0.4, -0.2) is 47.0 Å². The zero-order valence-electron chi connectivity index (χ0n) is 14.8. The van der Waals surface area contributed by atoms with E-state index in [-0.39, 0.29) is 6.10 Å². The van der Waals surface area contributed by atoms with E-state index in [1.807, 2.05) is 48.1 Å². The molecule has 9 heteroatoms. The second kappa shape index (κ2) is 6.35. The van der Waals surface area contributed by atoms with Crippen LogP contribution in [0.2, 0.25) is 0 Å². The van der Waals surface area contributed by atoms with E-state index in [1.54, 1.807) is 10.7 Å². The first-order valence-electron chi connectivity index (χ1n) is 8.77. The van der Waals surface area contributed by atoms with Gasteiger partial charge in [0.2, 0.25) is 5.88 Å². The van der Waals surface area contributed by atoms with Crippen molar-refractivity contribution in [1.82, 2.24) is 34.3 Å². The average Bonchev–Trinajstić information content (AvgIpc) is 3.27. The number of hydrogen-bond acceptors (Lipinski definition) is 7. The maximum Gasteiger partial charge on any atom is 0.254 e. The van der Waals surface area contributed by atoms with Crippen molar-refractivity contribution < 1.29 is 4.74 Å². The van der Waals surface area contributed by atoms with Crippen LogP contribution >= 0.6 is 0 Å². The highest BCUT2D eigenvalue weighted by molar-refractivity contribution is 5.47. The molecule has 0 spiro atoms. The highest BCUT2D eigenvalue weighted by Crippen LogP contribution is 2.23. The summed E-state index contributed by atoms with van der Waals surface area (Å²) in [5.74, 6) is 2.12. The van der Waals surface area contributed by atoms with Gasteiger partial charge in [0, 0.05) is 30.2 Å². The van der Waals surface area contributed by atoms with Crippen molar-refractivity contribution in [2.24, 2.45) is 0 Å². The van der Waals surface area contributed by atoms with E-state index in [0.717, 1.165) is 17.2 Å². The van der Waals surface area contributed by atoms with Crippen LogP contribution in [-0.2, 0) is 13.1 Å². The first-order valence-corrected chi connectivity index (χ1v) is 8.77. The van der Waals surface area contributed by atoms with E-state index >= 15 is 0 Å². The molecule has 9 nitrogen and oxygen atoms in total. The fraction of sp³-hybridized carbons (Fsp3) is 0.278. The third-order valence-electron chi connectivity index (χ3n) is 4.57. The monoisotopic (exact) mass is 362 g/mol. The highest BCUT2D eigenvalue weighted by atomic mass is 16.5. The van der Waals surface area contributed by atoms with E-state index in [1.165, 1.54) is 6.33 Å². The molecule has 136 valence electrons. The number of hydrogen-bond donors (Lipinski definition) is 0. The molecular formula is C18H18N8O. The maximum absolute atomic E-state index is 6.16. The van der Waals surface area contributed by atoms with Crippen molar-refractivity contribution in [1.29, 1.82) is 0 Å². The topological polar surface area (TPSA) is 86.3 Å². The SMILES string of the molecule is Cc1cc(N2Cc3ccnn3C[C@H](Oc3ccccn3)C2)n2ncnc2n1.